The predicted octanol–water partition coefficient (Wildman–Crippen LogP) is 0.655. The smallest absolute Gasteiger partial charge is 0.240 e. The number of carbonyl (C=O) groups excluding carboxylic acids is 1. The summed E-state index contributed by atoms with van der Waals surface area (Å²) in [5, 5.41) is 6.35. The second-order valence-electron chi connectivity index (χ2n) is 4.28. The van der Waals surface area contributed by atoms with Gasteiger partial charge in [0.1, 0.15) is 0 Å². The Labute approximate surface area is 79.3 Å². The minimum absolute atomic E-state index is 0.196. The summed E-state index contributed by atoms with van der Waals surface area (Å²) in [6.45, 7) is 3.93. The van der Waals surface area contributed by atoms with Crippen molar-refractivity contribution in [1.29, 1.82) is 0 Å². The van der Waals surface area contributed by atoms with Crippen molar-refractivity contribution in [2.45, 2.75) is 38.1 Å². The summed E-state index contributed by atoms with van der Waals surface area (Å²) in [7, 11) is 0. The van der Waals surface area contributed by atoms with E-state index in [0.29, 0.717) is 0 Å². The van der Waals surface area contributed by atoms with E-state index in [-0.39, 0.29) is 11.4 Å². The molecule has 1 aliphatic carbocycles. The van der Waals surface area contributed by atoms with Gasteiger partial charge >= 0.3 is 0 Å². The van der Waals surface area contributed by atoms with Crippen LogP contribution in [0.4, 0.5) is 0 Å². The van der Waals surface area contributed by atoms with E-state index < -0.39 is 0 Å². The van der Waals surface area contributed by atoms with Crippen LogP contribution in [0.5, 0.6) is 0 Å². The summed E-state index contributed by atoms with van der Waals surface area (Å²) in [5.41, 5.74) is -0.196. The Morgan fingerprint density at radius 3 is 3.00 bits per heavy atom. The Bertz CT molecular complexity index is 217. The summed E-state index contributed by atoms with van der Waals surface area (Å²) >= 11 is 0. The summed E-state index contributed by atoms with van der Waals surface area (Å²) < 4.78 is 0. The molecule has 2 rings (SSSR count). The maximum Gasteiger partial charge on any atom is 0.240 e. The van der Waals surface area contributed by atoms with Crippen molar-refractivity contribution in [3.05, 3.63) is 0 Å². The largest absolute Gasteiger partial charge is 0.353 e. The lowest BCUT2D eigenvalue weighted by Crippen LogP contribution is -2.61. The predicted molar refractivity (Wildman–Crippen MR) is 51.4 cm³/mol. The minimum Gasteiger partial charge on any atom is -0.353 e. The highest BCUT2D eigenvalue weighted by atomic mass is 16.2. The number of hydrogen-bond acceptors (Lipinski definition) is 2. The third kappa shape index (κ3) is 1.46. The first-order chi connectivity index (χ1) is 6.27. The summed E-state index contributed by atoms with van der Waals surface area (Å²) in [4.78, 5) is 11.7. The van der Waals surface area contributed by atoms with Crippen LogP contribution in [0.3, 0.4) is 0 Å². The highest BCUT2D eigenvalue weighted by Gasteiger charge is 2.45. The van der Waals surface area contributed by atoms with Gasteiger partial charge in [0, 0.05) is 13.1 Å². The standard InChI is InChI=1S/C10H18N2O/c1-2-8-3-4-10(7-8)9(13)11-5-6-12-10/h8,12H,2-7H2,1H3,(H,11,13). The maximum atomic E-state index is 11.7. The molecule has 2 atom stereocenters. The van der Waals surface area contributed by atoms with Gasteiger partial charge in [0.2, 0.25) is 5.91 Å². The van der Waals surface area contributed by atoms with Gasteiger partial charge in [-0.1, -0.05) is 13.3 Å². The molecule has 1 saturated carbocycles. The van der Waals surface area contributed by atoms with Crippen LogP contribution in [0.2, 0.25) is 0 Å². The van der Waals surface area contributed by atoms with E-state index in [1.807, 2.05) is 0 Å². The quantitative estimate of drug-likeness (QED) is 0.625. The lowest BCUT2D eigenvalue weighted by Gasteiger charge is -2.33. The van der Waals surface area contributed by atoms with E-state index in [4.69, 9.17) is 0 Å². The number of carbonyl (C=O) groups is 1. The van der Waals surface area contributed by atoms with Crippen LogP contribution in [-0.4, -0.2) is 24.5 Å². The topological polar surface area (TPSA) is 41.1 Å². The van der Waals surface area contributed by atoms with Gasteiger partial charge < -0.3 is 10.6 Å². The third-order valence-electron chi connectivity index (χ3n) is 3.50. The molecule has 0 aromatic carbocycles. The van der Waals surface area contributed by atoms with Gasteiger partial charge in [0.25, 0.3) is 0 Å². The van der Waals surface area contributed by atoms with Crippen molar-refractivity contribution >= 4 is 5.91 Å². The van der Waals surface area contributed by atoms with Gasteiger partial charge in [0.15, 0.2) is 0 Å². The van der Waals surface area contributed by atoms with Crippen LogP contribution in [0, 0.1) is 5.92 Å². The van der Waals surface area contributed by atoms with Crippen LogP contribution in [0.25, 0.3) is 0 Å². The molecule has 3 heteroatoms. The van der Waals surface area contributed by atoms with Gasteiger partial charge in [-0.2, -0.15) is 0 Å². The molecular formula is C10H18N2O. The van der Waals surface area contributed by atoms with Crippen molar-refractivity contribution in [1.82, 2.24) is 10.6 Å². The van der Waals surface area contributed by atoms with Crippen LogP contribution in [0.15, 0.2) is 0 Å². The Hall–Kier alpha value is -0.570. The molecule has 1 saturated heterocycles. The minimum atomic E-state index is -0.196. The first kappa shape index (κ1) is 9.00. The average molecular weight is 182 g/mol. The lowest BCUT2D eigenvalue weighted by atomic mass is 9.92. The normalized spacial score (nSPS) is 39.5. The molecule has 3 nitrogen and oxygen atoms in total. The van der Waals surface area contributed by atoms with E-state index in [9.17, 15) is 4.79 Å². The van der Waals surface area contributed by atoms with E-state index in [1.54, 1.807) is 0 Å². The van der Waals surface area contributed by atoms with Gasteiger partial charge in [0.05, 0.1) is 5.54 Å². The summed E-state index contributed by atoms with van der Waals surface area (Å²) in [6.07, 6.45) is 4.47. The molecule has 2 fully saturated rings. The number of piperazine rings is 1. The van der Waals surface area contributed by atoms with E-state index >= 15 is 0 Å². The molecule has 13 heavy (non-hydrogen) atoms. The molecule has 2 unspecified atom stereocenters. The third-order valence-corrected chi connectivity index (χ3v) is 3.50. The van der Waals surface area contributed by atoms with E-state index in [2.05, 4.69) is 17.6 Å². The Morgan fingerprint density at radius 2 is 2.38 bits per heavy atom. The van der Waals surface area contributed by atoms with Gasteiger partial charge in [-0.05, 0) is 25.2 Å². The van der Waals surface area contributed by atoms with Crippen LogP contribution in [0.1, 0.15) is 32.6 Å². The fourth-order valence-electron chi connectivity index (χ4n) is 2.59. The zero-order valence-corrected chi connectivity index (χ0v) is 8.23. The first-order valence-electron chi connectivity index (χ1n) is 5.30. The van der Waals surface area contributed by atoms with Gasteiger partial charge in [-0.25, -0.2) is 0 Å². The first-order valence-corrected chi connectivity index (χ1v) is 5.30. The molecule has 1 spiro atoms. The van der Waals surface area contributed by atoms with Crippen LogP contribution >= 0.6 is 0 Å². The van der Waals surface area contributed by atoms with Crippen molar-refractivity contribution < 1.29 is 4.79 Å². The molecule has 2 aliphatic rings. The van der Waals surface area contributed by atoms with Crippen molar-refractivity contribution in [3.63, 3.8) is 0 Å². The molecule has 0 aromatic heterocycles. The van der Waals surface area contributed by atoms with Crippen molar-refractivity contribution in [2.24, 2.45) is 5.92 Å². The highest BCUT2D eigenvalue weighted by Crippen LogP contribution is 2.37. The van der Waals surface area contributed by atoms with E-state index in [0.717, 1.165) is 31.8 Å². The lowest BCUT2D eigenvalue weighted by molar-refractivity contribution is -0.129. The molecule has 0 aromatic rings. The molecular weight excluding hydrogens is 164 g/mol. The fourth-order valence-corrected chi connectivity index (χ4v) is 2.59. The zero-order chi connectivity index (χ0) is 9.31. The van der Waals surface area contributed by atoms with Crippen molar-refractivity contribution in [3.8, 4) is 0 Å². The second-order valence-corrected chi connectivity index (χ2v) is 4.28. The molecule has 1 heterocycles. The summed E-state index contributed by atoms with van der Waals surface area (Å²) in [5.74, 6) is 0.978. The molecule has 0 radical (unpaired) electrons. The maximum absolute atomic E-state index is 11.7. The number of amides is 1. The van der Waals surface area contributed by atoms with Gasteiger partial charge in [-0.3, -0.25) is 4.79 Å². The molecule has 1 aliphatic heterocycles. The number of rotatable bonds is 1. The van der Waals surface area contributed by atoms with E-state index in [1.165, 1.54) is 12.8 Å². The average Bonchev–Trinajstić information content (AvgIpc) is 2.56. The fraction of sp³-hybridized carbons (Fsp3) is 0.900. The Kier molecular flexibility index (Phi) is 2.28. The Morgan fingerprint density at radius 1 is 1.54 bits per heavy atom. The summed E-state index contributed by atoms with van der Waals surface area (Å²) in [6, 6.07) is 0. The second kappa shape index (κ2) is 3.29. The number of nitrogens with one attached hydrogen (secondary N) is 2. The van der Waals surface area contributed by atoms with Gasteiger partial charge in [-0.15, -0.1) is 0 Å². The molecule has 2 N–H and O–H groups in total. The molecule has 74 valence electrons. The van der Waals surface area contributed by atoms with Crippen LogP contribution in [-0.2, 0) is 4.79 Å². The molecule has 1 amide bonds. The highest BCUT2D eigenvalue weighted by molar-refractivity contribution is 5.87. The van der Waals surface area contributed by atoms with Crippen LogP contribution < -0.4 is 10.6 Å². The van der Waals surface area contributed by atoms with Crippen molar-refractivity contribution in [2.75, 3.05) is 13.1 Å². The monoisotopic (exact) mass is 182 g/mol. The number of hydrogen-bond donors (Lipinski definition) is 2. The Balaban J connectivity index is 2.07. The zero-order valence-electron chi connectivity index (χ0n) is 8.23. The SMILES string of the molecule is CCC1CCC2(C1)NCCNC2=O. The molecule has 0 bridgehead atoms.